The van der Waals surface area contributed by atoms with Crippen LogP contribution in [0.3, 0.4) is 0 Å². The quantitative estimate of drug-likeness (QED) is 0.477. The number of ether oxygens (including phenoxy) is 1. The van der Waals surface area contributed by atoms with E-state index in [0.717, 1.165) is 5.56 Å². The first-order chi connectivity index (χ1) is 16.1. The highest BCUT2D eigenvalue weighted by Crippen LogP contribution is 2.38. The Hall–Kier alpha value is -2.32. The minimum absolute atomic E-state index is 0. The maximum absolute atomic E-state index is 13.2. The van der Waals surface area contributed by atoms with E-state index in [4.69, 9.17) is 33.3 Å². The van der Waals surface area contributed by atoms with Crippen LogP contribution < -0.4 is 10.6 Å². The molecule has 4 rings (SSSR count). The van der Waals surface area contributed by atoms with Crippen molar-refractivity contribution in [3.63, 3.8) is 0 Å². The Morgan fingerprint density at radius 3 is 2.69 bits per heavy atom. The Bertz CT molecular complexity index is 1120. The van der Waals surface area contributed by atoms with E-state index in [0.29, 0.717) is 46.3 Å². The van der Waals surface area contributed by atoms with Gasteiger partial charge in [0.15, 0.2) is 5.96 Å². The highest BCUT2D eigenvalue weighted by atomic mass is 35.5. The molecule has 0 spiro atoms. The average molecular weight is 540 g/mol. The molecular weight excluding hydrogens is 511 g/mol. The van der Waals surface area contributed by atoms with Crippen LogP contribution in [0.15, 0.2) is 36.4 Å². The van der Waals surface area contributed by atoms with Crippen LogP contribution >= 0.6 is 35.6 Å². The van der Waals surface area contributed by atoms with Crippen molar-refractivity contribution in [3.8, 4) is 0 Å². The molecule has 35 heavy (non-hydrogen) atoms. The minimum atomic E-state index is -0.897. The SMILES string of the molecule is Cc1cc(Cl)cc(C(=O)Nc2cccc([C@]3(C)CC(=O)N([C@@H]4CCO[C@H](C)C4)C(=N)N3)c2Cl)c1.Cl. The summed E-state index contributed by atoms with van der Waals surface area (Å²) in [7, 11) is 0. The van der Waals surface area contributed by atoms with Gasteiger partial charge in [0.05, 0.1) is 28.8 Å². The fraction of sp³-hybridized carbons (Fsp3) is 0.400. The summed E-state index contributed by atoms with van der Waals surface area (Å²) in [5.74, 6) is -0.418. The van der Waals surface area contributed by atoms with Crippen molar-refractivity contribution < 1.29 is 14.3 Å². The number of carbonyl (C=O) groups excluding carboxylic acids is 2. The zero-order chi connectivity index (χ0) is 24.6. The van der Waals surface area contributed by atoms with Crippen LogP contribution in [0.1, 0.15) is 54.6 Å². The number of carbonyl (C=O) groups is 2. The van der Waals surface area contributed by atoms with E-state index >= 15 is 0 Å². The molecule has 2 amide bonds. The minimum Gasteiger partial charge on any atom is -0.378 e. The molecular formula is C25H29Cl3N4O3. The predicted molar refractivity (Wildman–Crippen MR) is 141 cm³/mol. The second kappa shape index (κ2) is 10.7. The van der Waals surface area contributed by atoms with Gasteiger partial charge in [-0.2, -0.15) is 0 Å². The number of benzene rings is 2. The fourth-order valence-electron chi connectivity index (χ4n) is 4.75. The number of nitrogens with zero attached hydrogens (tertiary/aromatic N) is 1. The maximum Gasteiger partial charge on any atom is 0.255 e. The zero-order valence-electron chi connectivity index (χ0n) is 19.8. The molecule has 2 aliphatic rings. The van der Waals surface area contributed by atoms with Crippen LogP contribution in [0.4, 0.5) is 5.69 Å². The average Bonchev–Trinajstić information content (AvgIpc) is 2.74. The van der Waals surface area contributed by atoms with Gasteiger partial charge in [0.25, 0.3) is 5.91 Å². The Morgan fingerprint density at radius 2 is 2.03 bits per heavy atom. The van der Waals surface area contributed by atoms with Gasteiger partial charge in [-0.05, 0) is 69.0 Å². The number of hydrogen-bond acceptors (Lipinski definition) is 4. The summed E-state index contributed by atoms with van der Waals surface area (Å²) in [5.41, 5.74) is 1.45. The van der Waals surface area contributed by atoms with Crippen molar-refractivity contribution in [2.45, 2.75) is 57.7 Å². The van der Waals surface area contributed by atoms with Crippen LogP contribution in [0.25, 0.3) is 0 Å². The molecule has 3 N–H and O–H groups in total. The topological polar surface area (TPSA) is 94.5 Å². The van der Waals surface area contributed by atoms with Crippen molar-refractivity contribution in [1.82, 2.24) is 10.2 Å². The van der Waals surface area contributed by atoms with Gasteiger partial charge >= 0.3 is 0 Å². The molecule has 0 saturated carbocycles. The van der Waals surface area contributed by atoms with E-state index in [2.05, 4.69) is 10.6 Å². The van der Waals surface area contributed by atoms with E-state index in [1.54, 1.807) is 41.3 Å². The lowest BCUT2D eigenvalue weighted by molar-refractivity contribution is -0.134. The standard InChI is InChI=1S/C25H28Cl2N4O3.ClH/c1-14-9-16(12-17(26)10-14)23(33)29-20-6-4-5-19(22(20)27)25(3)13-21(32)31(24(28)30-25)18-7-8-34-15(2)11-18;/h4-6,9-10,12,15,18H,7-8,11,13H2,1-3H3,(H2,28,30)(H,29,33);1H/t15-,18-,25+;/m1./s1. The van der Waals surface area contributed by atoms with Crippen LogP contribution in [0.5, 0.6) is 0 Å². The molecule has 2 aliphatic heterocycles. The van der Waals surface area contributed by atoms with E-state index in [1.807, 2.05) is 20.8 Å². The zero-order valence-corrected chi connectivity index (χ0v) is 22.1. The lowest BCUT2D eigenvalue weighted by atomic mass is 9.85. The second-order valence-corrected chi connectivity index (χ2v) is 10.1. The molecule has 0 radical (unpaired) electrons. The Labute approximate surface area is 221 Å². The van der Waals surface area contributed by atoms with E-state index in [1.165, 1.54) is 0 Å². The third-order valence-electron chi connectivity index (χ3n) is 6.38. The van der Waals surface area contributed by atoms with Crippen molar-refractivity contribution >= 4 is 59.1 Å². The number of halogens is 3. The van der Waals surface area contributed by atoms with Crippen molar-refractivity contribution in [1.29, 1.82) is 5.41 Å². The molecule has 0 aliphatic carbocycles. The third-order valence-corrected chi connectivity index (χ3v) is 7.00. The summed E-state index contributed by atoms with van der Waals surface area (Å²) in [6.07, 6.45) is 1.57. The Morgan fingerprint density at radius 1 is 1.29 bits per heavy atom. The van der Waals surface area contributed by atoms with Gasteiger partial charge in [-0.25, -0.2) is 0 Å². The van der Waals surface area contributed by atoms with E-state index < -0.39 is 5.54 Å². The summed E-state index contributed by atoms with van der Waals surface area (Å²) in [5, 5.41) is 15.4. The van der Waals surface area contributed by atoms with Gasteiger partial charge in [-0.1, -0.05) is 35.3 Å². The van der Waals surface area contributed by atoms with Gasteiger partial charge in [0, 0.05) is 23.2 Å². The maximum atomic E-state index is 13.2. The number of aryl methyl sites for hydroxylation is 1. The fourth-order valence-corrected chi connectivity index (χ4v) is 5.42. The number of amides is 2. The number of guanidine groups is 1. The van der Waals surface area contributed by atoms with Crippen LogP contribution in [-0.4, -0.2) is 41.4 Å². The largest absolute Gasteiger partial charge is 0.378 e. The molecule has 0 unspecified atom stereocenters. The lowest BCUT2D eigenvalue weighted by Gasteiger charge is -2.45. The van der Waals surface area contributed by atoms with Gasteiger partial charge in [0.1, 0.15) is 0 Å². The lowest BCUT2D eigenvalue weighted by Crippen LogP contribution is -2.63. The second-order valence-electron chi connectivity index (χ2n) is 9.24. The van der Waals surface area contributed by atoms with Gasteiger partial charge in [-0.15, -0.1) is 12.4 Å². The first kappa shape index (κ1) is 27.3. The number of nitrogens with one attached hydrogen (secondary N) is 3. The third kappa shape index (κ3) is 5.75. The molecule has 2 heterocycles. The van der Waals surface area contributed by atoms with Gasteiger partial charge < -0.3 is 15.4 Å². The van der Waals surface area contributed by atoms with E-state index in [9.17, 15) is 9.59 Å². The van der Waals surface area contributed by atoms with E-state index in [-0.39, 0.29) is 48.7 Å². The Kier molecular flexibility index (Phi) is 8.37. The van der Waals surface area contributed by atoms with Crippen molar-refractivity contribution in [3.05, 3.63) is 63.1 Å². The summed E-state index contributed by atoms with van der Waals surface area (Å²) >= 11 is 12.8. The first-order valence-electron chi connectivity index (χ1n) is 11.3. The molecule has 2 fully saturated rings. The monoisotopic (exact) mass is 538 g/mol. The van der Waals surface area contributed by atoms with Crippen molar-refractivity contribution in [2.24, 2.45) is 0 Å². The van der Waals surface area contributed by atoms with Crippen molar-refractivity contribution in [2.75, 3.05) is 11.9 Å². The molecule has 7 nitrogen and oxygen atoms in total. The Balaban J connectivity index is 0.00000342. The molecule has 3 atom stereocenters. The normalized spacial score (nSPS) is 24.4. The summed E-state index contributed by atoms with van der Waals surface area (Å²) < 4.78 is 5.60. The number of anilines is 1. The number of rotatable bonds is 4. The molecule has 2 saturated heterocycles. The molecule has 2 aromatic carbocycles. The van der Waals surface area contributed by atoms with Crippen LogP contribution in [0, 0.1) is 12.3 Å². The molecule has 0 aromatic heterocycles. The molecule has 0 bridgehead atoms. The van der Waals surface area contributed by atoms with Gasteiger partial charge in [0.2, 0.25) is 5.91 Å². The smallest absolute Gasteiger partial charge is 0.255 e. The highest BCUT2D eigenvalue weighted by molar-refractivity contribution is 6.35. The molecule has 188 valence electrons. The van der Waals surface area contributed by atoms with Crippen LogP contribution in [0.2, 0.25) is 10.0 Å². The summed E-state index contributed by atoms with van der Waals surface area (Å²) in [4.78, 5) is 27.6. The highest BCUT2D eigenvalue weighted by Gasteiger charge is 2.43. The summed E-state index contributed by atoms with van der Waals surface area (Å²) in [6, 6.07) is 10.3. The molecule has 10 heteroatoms. The number of hydrogen-bond donors (Lipinski definition) is 3. The van der Waals surface area contributed by atoms with Gasteiger partial charge in [-0.3, -0.25) is 19.9 Å². The molecule has 2 aromatic rings. The summed E-state index contributed by atoms with van der Waals surface area (Å²) in [6.45, 7) is 6.25. The first-order valence-corrected chi connectivity index (χ1v) is 12.0. The predicted octanol–water partition coefficient (Wildman–Crippen LogP) is 5.52. The van der Waals surface area contributed by atoms with Crippen LogP contribution in [-0.2, 0) is 15.1 Å².